The van der Waals surface area contributed by atoms with E-state index >= 15 is 0 Å². The first-order valence-corrected chi connectivity index (χ1v) is 12.0. The van der Waals surface area contributed by atoms with Crippen LogP contribution >= 0.6 is 0 Å². The summed E-state index contributed by atoms with van der Waals surface area (Å²) in [5.74, 6) is -5.06. The highest BCUT2D eigenvalue weighted by Crippen LogP contribution is 2.08. The van der Waals surface area contributed by atoms with Crippen LogP contribution in [0.5, 0.6) is 0 Å². The fourth-order valence-corrected chi connectivity index (χ4v) is 3.13. The largest absolute Gasteiger partial charge is 0.480 e. The van der Waals surface area contributed by atoms with Gasteiger partial charge in [-0.25, -0.2) is 4.79 Å². The molecule has 0 unspecified atom stereocenters. The molecule has 0 heterocycles. The smallest absolute Gasteiger partial charge is 0.326 e. The number of nitrogens with two attached hydrogens (primary N) is 1. The second-order valence-corrected chi connectivity index (χ2v) is 8.58. The van der Waals surface area contributed by atoms with Crippen LogP contribution < -0.4 is 32.3 Å². The average molecular weight is 537 g/mol. The van der Waals surface area contributed by atoms with Gasteiger partial charge in [-0.3, -0.25) is 24.0 Å². The molecule has 9 N–H and O–H groups in total. The zero-order valence-electron chi connectivity index (χ0n) is 21.4. The second kappa shape index (κ2) is 16.7. The summed E-state index contributed by atoms with van der Waals surface area (Å²) < 4.78 is 0. The summed E-state index contributed by atoms with van der Waals surface area (Å²) in [6.07, 6.45) is 0.599. The normalized spacial score (nSPS) is 13.7. The molecule has 0 aromatic heterocycles. The van der Waals surface area contributed by atoms with Gasteiger partial charge in [0.05, 0.1) is 26.2 Å². The summed E-state index contributed by atoms with van der Waals surface area (Å²) in [5, 5.41) is 29.9. The van der Waals surface area contributed by atoms with E-state index in [-0.39, 0.29) is 12.3 Å². The molecule has 0 aliphatic carbocycles. The molecule has 1 rings (SSSR count). The maximum atomic E-state index is 12.8. The average Bonchev–Trinajstić information content (AvgIpc) is 2.91. The third-order valence-corrected chi connectivity index (χ3v) is 5.56. The van der Waals surface area contributed by atoms with Crippen LogP contribution in [0, 0.1) is 5.92 Å². The van der Waals surface area contributed by atoms with Crippen molar-refractivity contribution in [3.8, 4) is 0 Å². The van der Waals surface area contributed by atoms with Crippen LogP contribution in [0.4, 0.5) is 0 Å². The van der Waals surface area contributed by atoms with Gasteiger partial charge in [0, 0.05) is 6.42 Å². The van der Waals surface area contributed by atoms with Crippen LogP contribution in [0.1, 0.15) is 25.8 Å². The Labute approximate surface area is 220 Å². The van der Waals surface area contributed by atoms with Crippen molar-refractivity contribution in [2.75, 3.05) is 26.2 Å². The van der Waals surface area contributed by atoms with E-state index in [1.807, 2.05) is 0 Å². The molecule has 0 radical (unpaired) electrons. The highest BCUT2D eigenvalue weighted by atomic mass is 16.4. The highest BCUT2D eigenvalue weighted by Gasteiger charge is 2.26. The van der Waals surface area contributed by atoms with Gasteiger partial charge in [0.2, 0.25) is 29.5 Å². The number of aliphatic carboxylic acids is 1. The van der Waals surface area contributed by atoms with Crippen LogP contribution in [-0.4, -0.2) is 90.1 Å². The third-order valence-electron chi connectivity index (χ3n) is 5.56. The topological polar surface area (TPSA) is 229 Å². The van der Waals surface area contributed by atoms with Gasteiger partial charge in [0.25, 0.3) is 0 Å². The number of carbonyl (C=O) groups excluding carboxylic acids is 5. The van der Waals surface area contributed by atoms with Gasteiger partial charge in [-0.1, -0.05) is 50.6 Å². The van der Waals surface area contributed by atoms with Crippen molar-refractivity contribution >= 4 is 35.5 Å². The van der Waals surface area contributed by atoms with Gasteiger partial charge in [-0.15, -0.1) is 0 Å². The van der Waals surface area contributed by atoms with E-state index in [9.17, 15) is 33.9 Å². The molecule has 4 atom stereocenters. The Kier molecular flexibility index (Phi) is 14.0. The molecule has 5 amide bonds. The van der Waals surface area contributed by atoms with Gasteiger partial charge in [-0.05, 0) is 11.5 Å². The predicted molar refractivity (Wildman–Crippen MR) is 135 cm³/mol. The summed E-state index contributed by atoms with van der Waals surface area (Å²) in [4.78, 5) is 72.3. The van der Waals surface area contributed by atoms with Crippen molar-refractivity contribution in [2.45, 2.75) is 44.8 Å². The Hall–Kier alpha value is -4.04. The molecule has 1 aromatic carbocycles. The monoisotopic (exact) mass is 536 g/mol. The van der Waals surface area contributed by atoms with E-state index in [1.165, 1.54) is 0 Å². The quantitative estimate of drug-likeness (QED) is 0.107. The van der Waals surface area contributed by atoms with Crippen molar-refractivity contribution in [2.24, 2.45) is 11.7 Å². The van der Waals surface area contributed by atoms with E-state index in [2.05, 4.69) is 26.6 Å². The van der Waals surface area contributed by atoms with Gasteiger partial charge in [-0.2, -0.15) is 0 Å². The van der Waals surface area contributed by atoms with Crippen molar-refractivity contribution in [3.05, 3.63) is 35.9 Å². The fraction of sp³-hybridized carbons (Fsp3) is 0.500. The molecular formula is C24H36N6O8. The number of aliphatic hydroxyl groups excluding tert-OH is 1. The Morgan fingerprint density at radius 2 is 1.39 bits per heavy atom. The molecule has 0 aliphatic rings. The van der Waals surface area contributed by atoms with Gasteiger partial charge < -0.3 is 42.5 Å². The maximum Gasteiger partial charge on any atom is 0.326 e. The van der Waals surface area contributed by atoms with Crippen LogP contribution in [0.25, 0.3) is 0 Å². The Balaban J connectivity index is 2.71. The first-order valence-electron chi connectivity index (χ1n) is 12.0. The van der Waals surface area contributed by atoms with E-state index in [1.54, 1.807) is 44.2 Å². The first kappa shape index (κ1) is 32.0. The number of amides is 5. The van der Waals surface area contributed by atoms with Crippen LogP contribution in [0.3, 0.4) is 0 Å². The molecule has 210 valence electrons. The molecule has 0 saturated heterocycles. The summed E-state index contributed by atoms with van der Waals surface area (Å²) in [6.45, 7) is 1.38. The van der Waals surface area contributed by atoms with Crippen LogP contribution in [0.15, 0.2) is 30.3 Å². The minimum atomic E-state index is -1.19. The Morgan fingerprint density at radius 1 is 0.842 bits per heavy atom. The molecule has 0 aliphatic heterocycles. The van der Waals surface area contributed by atoms with Crippen molar-refractivity contribution in [3.63, 3.8) is 0 Å². The fourth-order valence-electron chi connectivity index (χ4n) is 3.13. The zero-order valence-corrected chi connectivity index (χ0v) is 21.4. The number of carboxylic acid groups (broad SMARTS) is 1. The molecule has 14 heteroatoms. The first-order chi connectivity index (χ1) is 18.0. The number of aliphatic hydroxyl groups is 1. The zero-order chi connectivity index (χ0) is 28.7. The van der Waals surface area contributed by atoms with Gasteiger partial charge >= 0.3 is 5.97 Å². The standard InChI is InChI=1S/C24H36N6O8/c1-3-14(2)21(24(37)38)30-20(34)12-28-23(36)17(9-15-7-5-4-6-8-15)29-19(33)11-26-18(32)10-27-22(35)16(25)13-31/h4-8,14,16-17,21,31H,3,9-13,25H2,1-2H3,(H,26,32)(H,27,35)(H,28,36)(H,29,33)(H,30,34)(H,37,38)/t14-,16-,17-,21-/m0/s1. The second-order valence-electron chi connectivity index (χ2n) is 8.58. The lowest BCUT2D eigenvalue weighted by atomic mass is 9.99. The number of carbonyl (C=O) groups is 6. The Bertz CT molecular complexity index is 974. The minimum Gasteiger partial charge on any atom is -0.480 e. The van der Waals surface area contributed by atoms with E-state index < -0.39 is 79.9 Å². The van der Waals surface area contributed by atoms with Crippen LogP contribution in [0.2, 0.25) is 0 Å². The summed E-state index contributed by atoms with van der Waals surface area (Å²) in [7, 11) is 0. The molecular weight excluding hydrogens is 500 g/mol. The molecule has 0 spiro atoms. The lowest BCUT2D eigenvalue weighted by molar-refractivity contribution is -0.143. The minimum absolute atomic E-state index is 0.0771. The number of hydrogen-bond donors (Lipinski definition) is 8. The maximum absolute atomic E-state index is 12.8. The van der Waals surface area contributed by atoms with E-state index in [0.29, 0.717) is 12.0 Å². The summed E-state index contributed by atoms with van der Waals surface area (Å²) in [6, 6.07) is 5.35. The molecule has 0 fully saturated rings. The van der Waals surface area contributed by atoms with Gasteiger partial charge in [0.15, 0.2) is 0 Å². The number of hydrogen-bond acceptors (Lipinski definition) is 8. The highest BCUT2D eigenvalue weighted by molar-refractivity contribution is 5.93. The predicted octanol–water partition coefficient (Wildman–Crippen LogP) is -3.00. The van der Waals surface area contributed by atoms with Crippen molar-refractivity contribution in [1.82, 2.24) is 26.6 Å². The summed E-state index contributed by atoms with van der Waals surface area (Å²) in [5.41, 5.74) is 6.04. The molecule has 14 nitrogen and oxygen atoms in total. The number of carboxylic acids is 1. The van der Waals surface area contributed by atoms with E-state index in [0.717, 1.165) is 0 Å². The summed E-state index contributed by atoms with van der Waals surface area (Å²) >= 11 is 0. The number of benzene rings is 1. The van der Waals surface area contributed by atoms with Crippen LogP contribution in [-0.2, 0) is 35.2 Å². The van der Waals surface area contributed by atoms with Crippen molar-refractivity contribution in [1.29, 1.82) is 0 Å². The molecule has 1 aromatic rings. The molecule has 0 saturated carbocycles. The lowest BCUT2D eigenvalue weighted by Gasteiger charge is -2.21. The number of rotatable bonds is 16. The SMILES string of the molecule is CC[C@H](C)[C@H](NC(=O)CNC(=O)[C@H](Cc1ccccc1)NC(=O)CNC(=O)CNC(=O)[C@@H](N)CO)C(=O)O. The van der Waals surface area contributed by atoms with Gasteiger partial charge in [0.1, 0.15) is 18.1 Å². The molecule has 0 bridgehead atoms. The third kappa shape index (κ3) is 11.8. The number of nitrogens with one attached hydrogen (secondary N) is 5. The van der Waals surface area contributed by atoms with Crippen molar-refractivity contribution < 1.29 is 39.0 Å². The Morgan fingerprint density at radius 3 is 1.97 bits per heavy atom. The lowest BCUT2D eigenvalue weighted by Crippen LogP contribution is -2.53. The molecule has 38 heavy (non-hydrogen) atoms. The van der Waals surface area contributed by atoms with E-state index in [4.69, 9.17) is 10.8 Å².